The number of nitrogen functional groups attached to an aromatic ring is 2. The van der Waals surface area contributed by atoms with Crippen LogP contribution in [0.2, 0.25) is 0 Å². The molecule has 0 aliphatic rings. The van der Waals surface area contributed by atoms with Gasteiger partial charge < -0.3 is 20.9 Å². The number of benzene rings is 3. The van der Waals surface area contributed by atoms with Gasteiger partial charge in [0.2, 0.25) is 0 Å². The molecule has 0 bridgehead atoms. The Morgan fingerprint density at radius 3 is 1.33 bits per heavy atom. The van der Waals surface area contributed by atoms with E-state index in [2.05, 4.69) is 0 Å². The summed E-state index contributed by atoms with van der Waals surface area (Å²) < 4.78 is 89.8. The Hall–Kier alpha value is -3.56. The number of rotatable bonds is 4. The lowest BCUT2D eigenvalue weighted by molar-refractivity contribution is -0.139. The largest absolute Gasteiger partial charge is 0.457 e. The second-order valence-electron chi connectivity index (χ2n) is 6.19. The molecule has 3 aromatic rings. The lowest BCUT2D eigenvalue weighted by atomic mass is 10.1. The molecule has 0 radical (unpaired) electrons. The van der Waals surface area contributed by atoms with Crippen LogP contribution >= 0.6 is 0 Å². The van der Waals surface area contributed by atoms with Crippen LogP contribution in [-0.4, -0.2) is 0 Å². The molecule has 3 aromatic carbocycles. The van der Waals surface area contributed by atoms with Gasteiger partial charge in [0.05, 0.1) is 0 Å². The zero-order valence-electron chi connectivity index (χ0n) is 15.0. The van der Waals surface area contributed by atoms with Crippen molar-refractivity contribution < 1.29 is 35.8 Å². The van der Waals surface area contributed by atoms with Crippen LogP contribution < -0.4 is 20.9 Å². The van der Waals surface area contributed by atoms with E-state index in [0.717, 1.165) is 30.3 Å². The fourth-order valence-electron chi connectivity index (χ4n) is 2.57. The van der Waals surface area contributed by atoms with Crippen LogP contribution in [-0.2, 0) is 12.4 Å². The molecule has 0 aliphatic heterocycles. The second kappa shape index (κ2) is 7.69. The van der Waals surface area contributed by atoms with Gasteiger partial charge in [-0.2, -0.15) is 26.3 Å². The van der Waals surface area contributed by atoms with Gasteiger partial charge in [-0.3, -0.25) is 0 Å². The van der Waals surface area contributed by atoms with Gasteiger partial charge in [-0.15, -0.1) is 0 Å². The van der Waals surface area contributed by atoms with E-state index in [0.29, 0.717) is 0 Å². The average molecular weight is 428 g/mol. The summed E-state index contributed by atoms with van der Waals surface area (Å²) in [4.78, 5) is 0. The van der Waals surface area contributed by atoms with Gasteiger partial charge in [0, 0.05) is 17.4 Å². The van der Waals surface area contributed by atoms with E-state index < -0.39 is 35.0 Å². The minimum absolute atomic E-state index is 0.0771. The highest BCUT2D eigenvalue weighted by Crippen LogP contribution is 2.41. The first-order chi connectivity index (χ1) is 13.9. The molecule has 0 aromatic heterocycles. The maximum Gasteiger partial charge on any atom is 0.420 e. The van der Waals surface area contributed by atoms with Gasteiger partial charge in [-0.25, -0.2) is 0 Å². The molecule has 0 unspecified atom stereocenters. The highest BCUT2D eigenvalue weighted by atomic mass is 19.4. The maximum absolute atomic E-state index is 13.2. The topological polar surface area (TPSA) is 70.5 Å². The predicted octanol–water partition coefficient (Wildman–Crippen LogP) is 6.47. The van der Waals surface area contributed by atoms with Crippen LogP contribution in [0.4, 0.5) is 37.7 Å². The van der Waals surface area contributed by atoms with E-state index in [-0.39, 0.29) is 22.9 Å². The number of nitrogens with two attached hydrogens (primary N) is 2. The Morgan fingerprint density at radius 2 is 0.967 bits per heavy atom. The summed E-state index contributed by atoms with van der Waals surface area (Å²) in [6, 6.07) is 11.2. The van der Waals surface area contributed by atoms with E-state index in [9.17, 15) is 26.3 Å². The van der Waals surface area contributed by atoms with Crippen LogP contribution in [0.1, 0.15) is 11.1 Å². The highest BCUT2D eigenvalue weighted by Gasteiger charge is 2.36. The van der Waals surface area contributed by atoms with Gasteiger partial charge in [-0.1, -0.05) is 6.07 Å². The molecule has 0 saturated heterocycles. The van der Waals surface area contributed by atoms with Crippen LogP contribution in [0.5, 0.6) is 23.0 Å². The van der Waals surface area contributed by atoms with E-state index in [4.69, 9.17) is 20.9 Å². The Labute approximate surface area is 166 Å². The SMILES string of the molecule is Nc1ccc(Oc2cccc(Oc3ccc(N)cc3C(F)(F)F)c2)c(C(F)(F)F)c1. The fourth-order valence-corrected chi connectivity index (χ4v) is 2.57. The lowest BCUT2D eigenvalue weighted by Crippen LogP contribution is -2.08. The number of anilines is 2. The number of hydrogen-bond donors (Lipinski definition) is 2. The van der Waals surface area contributed by atoms with Gasteiger partial charge in [0.1, 0.15) is 34.1 Å². The van der Waals surface area contributed by atoms with E-state index in [1.807, 2.05) is 0 Å². The molecular weight excluding hydrogens is 414 g/mol. The normalized spacial score (nSPS) is 11.9. The minimum atomic E-state index is -4.72. The molecule has 0 spiro atoms. The fraction of sp³-hybridized carbons (Fsp3) is 0.100. The molecular formula is C20H14F6N2O2. The Kier molecular flexibility index (Phi) is 5.43. The molecule has 4 nitrogen and oxygen atoms in total. The molecule has 30 heavy (non-hydrogen) atoms. The third kappa shape index (κ3) is 4.88. The van der Waals surface area contributed by atoms with Crippen molar-refractivity contribution in [1.82, 2.24) is 0 Å². The van der Waals surface area contributed by atoms with Crippen molar-refractivity contribution in [3.63, 3.8) is 0 Å². The van der Waals surface area contributed by atoms with Crippen molar-refractivity contribution in [2.45, 2.75) is 12.4 Å². The maximum atomic E-state index is 13.2. The van der Waals surface area contributed by atoms with Gasteiger partial charge in [0.15, 0.2) is 0 Å². The Bertz CT molecular complexity index is 983. The number of halogens is 6. The zero-order chi connectivity index (χ0) is 22.1. The van der Waals surface area contributed by atoms with Crippen molar-refractivity contribution in [2.75, 3.05) is 11.5 Å². The van der Waals surface area contributed by atoms with Crippen molar-refractivity contribution in [1.29, 1.82) is 0 Å². The monoisotopic (exact) mass is 428 g/mol. The number of hydrogen-bond acceptors (Lipinski definition) is 4. The summed E-state index contributed by atoms with van der Waals surface area (Å²) in [6.07, 6.45) is -9.44. The predicted molar refractivity (Wildman–Crippen MR) is 98.3 cm³/mol. The standard InChI is InChI=1S/C20H14F6N2O2/c21-19(22,23)15-8-11(27)4-6-17(15)29-13-2-1-3-14(10-13)30-18-7-5-12(28)9-16(18)20(24,25)26/h1-10H,27-28H2. The van der Waals surface area contributed by atoms with Crippen molar-refractivity contribution in [3.8, 4) is 23.0 Å². The summed E-state index contributed by atoms with van der Waals surface area (Å²) in [5.41, 5.74) is 8.44. The quantitative estimate of drug-likeness (QED) is 0.369. The van der Waals surface area contributed by atoms with Gasteiger partial charge in [0.25, 0.3) is 0 Å². The van der Waals surface area contributed by atoms with Crippen molar-refractivity contribution in [3.05, 3.63) is 71.8 Å². The second-order valence-corrected chi connectivity index (χ2v) is 6.19. The summed E-state index contributed by atoms with van der Waals surface area (Å²) in [5, 5.41) is 0. The van der Waals surface area contributed by atoms with Crippen molar-refractivity contribution in [2.24, 2.45) is 0 Å². The van der Waals surface area contributed by atoms with Crippen molar-refractivity contribution >= 4 is 11.4 Å². The first-order valence-electron chi connectivity index (χ1n) is 8.33. The van der Waals surface area contributed by atoms with E-state index >= 15 is 0 Å². The number of alkyl halides is 6. The first kappa shape index (κ1) is 21.2. The van der Waals surface area contributed by atoms with E-state index in [1.165, 1.54) is 30.3 Å². The molecule has 0 heterocycles. The highest BCUT2D eigenvalue weighted by molar-refractivity contribution is 5.52. The Balaban J connectivity index is 1.91. The van der Waals surface area contributed by atoms with Crippen LogP contribution in [0, 0.1) is 0 Å². The summed E-state index contributed by atoms with van der Waals surface area (Å²) in [5.74, 6) is -1.19. The molecule has 0 amide bonds. The molecule has 4 N–H and O–H groups in total. The third-order valence-electron chi connectivity index (χ3n) is 3.88. The average Bonchev–Trinajstić information content (AvgIpc) is 2.63. The smallest absolute Gasteiger partial charge is 0.420 e. The molecule has 10 heteroatoms. The number of ether oxygens (including phenoxy) is 2. The zero-order valence-corrected chi connectivity index (χ0v) is 15.0. The van der Waals surface area contributed by atoms with Gasteiger partial charge >= 0.3 is 12.4 Å². The third-order valence-corrected chi connectivity index (χ3v) is 3.88. The first-order valence-corrected chi connectivity index (χ1v) is 8.33. The van der Waals surface area contributed by atoms with Crippen LogP contribution in [0.3, 0.4) is 0 Å². The molecule has 0 atom stereocenters. The molecule has 0 saturated carbocycles. The van der Waals surface area contributed by atoms with Gasteiger partial charge in [-0.05, 0) is 48.5 Å². The minimum Gasteiger partial charge on any atom is -0.457 e. The summed E-state index contributed by atoms with van der Waals surface area (Å²) in [6.45, 7) is 0. The van der Waals surface area contributed by atoms with E-state index in [1.54, 1.807) is 0 Å². The lowest BCUT2D eigenvalue weighted by Gasteiger charge is -2.16. The molecule has 3 rings (SSSR count). The molecule has 158 valence electrons. The summed E-state index contributed by atoms with van der Waals surface area (Å²) >= 11 is 0. The van der Waals surface area contributed by atoms with Crippen LogP contribution in [0.15, 0.2) is 60.7 Å². The molecule has 0 aliphatic carbocycles. The van der Waals surface area contributed by atoms with Crippen LogP contribution in [0.25, 0.3) is 0 Å². The molecule has 0 fully saturated rings. The summed E-state index contributed by atoms with van der Waals surface area (Å²) in [7, 11) is 0. The Morgan fingerprint density at radius 1 is 0.567 bits per heavy atom.